The average Bonchev–Trinajstić information content (AvgIpc) is 3.13. The number of pyridine rings is 1. The Bertz CT molecular complexity index is 1450. The van der Waals surface area contributed by atoms with Crippen molar-refractivity contribution in [2.75, 3.05) is 0 Å². The highest BCUT2D eigenvalue weighted by Crippen LogP contribution is 2.33. The van der Waals surface area contributed by atoms with Crippen LogP contribution in [0.5, 0.6) is 0 Å². The maximum absolute atomic E-state index is 4.71. The summed E-state index contributed by atoms with van der Waals surface area (Å²) in [6, 6.07) is 36.4. The molecule has 0 N–H and O–H groups in total. The van der Waals surface area contributed by atoms with Crippen LogP contribution >= 0.6 is 0 Å². The van der Waals surface area contributed by atoms with Gasteiger partial charge in [-0.05, 0) is 35.7 Å². The molecule has 0 atom stereocenters. The first-order valence-electron chi connectivity index (χ1n) is 9.83. The van der Waals surface area contributed by atoms with Crippen LogP contribution in [0.2, 0.25) is 0 Å². The van der Waals surface area contributed by atoms with E-state index < -0.39 is 0 Å². The lowest BCUT2D eigenvalue weighted by atomic mass is 10.0. The maximum Gasteiger partial charge on any atom is 0.0781 e. The van der Waals surface area contributed by atoms with E-state index in [1.807, 2.05) is 6.20 Å². The van der Waals surface area contributed by atoms with E-state index in [-0.39, 0.29) is 0 Å². The van der Waals surface area contributed by atoms with Crippen molar-refractivity contribution in [3.05, 3.63) is 109 Å². The highest BCUT2D eigenvalue weighted by atomic mass is 15.0. The van der Waals surface area contributed by atoms with Gasteiger partial charge in [0.05, 0.1) is 16.7 Å². The van der Waals surface area contributed by atoms with Crippen LogP contribution in [0, 0.1) is 0 Å². The molecule has 0 amide bonds. The Morgan fingerprint density at radius 3 is 1.97 bits per heavy atom. The molecule has 2 nitrogen and oxygen atoms in total. The molecule has 2 heteroatoms. The fourth-order valence-electron chi connectivity index (χ4n) is 4.34. The summed E-state index contributed by atoms with van der Waals surface area (Å²) in [5.41, 5.74) is 5.73. The quantitative estimate of drug-likeness (QED) is 0.321. The molecule has 6 aromatic rings. The standard InChI is InChI=1S/C27H18N2/c1-2-11-22-19(8-1)16-17-28-27(22)20-9-7-10-21(18-20)29-25-14-5-3-12-23(25)24-13-4-6-15-26(24)29/h1-18H. The monoisotopic (exact) mass is 370 g/mol. The summed E-state index contributed by atoms with van der Waals surface area (Å²) in [4.78, 5) is 4.71. The topological polar surface area (TPSA) is 17.8 Å². The smallest absolute Gasteiger partial charge is 0.0781 e. The molecule has 0 aliphatic heterocycles. The van der Waals surface area contributed by atoms with Gasteiger partial charge in [-0.3, -0.25) is 4.98 Å². The van der Waals surface area contributed by atoms with Gasteiger partial charge in [-0.2, -0.15) is 0 Å². The number of hydrogen-bond acceptors (Lipinski definition) is 1. The van der Waals surface area contributed by atoms with Crippen LogP contribution in [0.15, 0.2) is 109 Å². The zero-order valence-electron chi connectivity index (χ0n) is 15.8. The van der Waals surface area contributed by atoms with Crippen LogP contribution in [-0.4, -0.2) is 9.55 Å². The van der Waals surface area contributed by atoms with Crippen LogP contribution in [-0.2, 0) is 0 Å². The van der Waals surface area contributed by atoms with Gasteiger partial charge < -0.3 is 4.57 Å². The van der Waals surface area contributed by atoms with Gasteiger partial charge in [-0.1, -0.05) is 72.8 Å². The van der Waals surface area contributed by atoms with Crippen molar-refractivity contribution in [1.29, 1.82) is 0 Å². The number of hydrogen-bond donors (Lipinski definition) is 0. The summed E-state index contributed by atoms with van der Waals surface area (Å²) >= 11 is 0. The van der Waals surface area contributed by atoms with Gasteiger partial charge in [0.25, 0.3) is 0 Å². The molecule has 4 aromatic carbocycles. The lowest BCUT2D eigenvalue weighted by Crippen LogP contribution is -1.95. The normalized spacial score (nSPS) is 11.4. The number of nitrogens with zero attached hydrogens (tertiary/aromatic N) is 2. The fraction of sp³-hybridized carbons (Fsp3) is 0. The van der Waals surface area contributed by atoms with Gasteiger partial charge in [-0.25, -0.2) is 0 Å². The molecule has 0 spiro atoms. The Kier molecular flexibility index (Phi) is 3.50. The molecule has 0 saturated carbocycles. The van der Waals surface area contributed by atoms with Crippen LogP contribution in [0.25, 0.3) is 49.5 Å². The summed E-state index contributed by atoms with van der Waals surface area (Å²) in [6.45, 7) is 0. The SMILES string of the molecule is c1cc(-c2nccc3ccccc23)cc(-n2c3ccccc3c3ccccc32)c1. The number of aromatic nitrogens is 2. The van der Waals surface area contributed by atoms with E-state index in [0.717, 1.165) is 16.9 Å². The van der Waals surface area contributed by atoms with Gasteiger partial charge in [0, 0.05) is 33.6 Å². The Morgan fingerprint density at radius 2 is 1.21 bits per heavy atom. The number of para-hydroxylation sites is 2. The molecular weight excluding hydrogens is 352 g/mol. The molecule has 0 aliphatic rings. The first kappa shape index (κ1) is 16.1. The van der Waals surface area contributed by atoms with Crippen LogP contribution in [0.1, 0.15) is 0 Å². The van der Waals surface area contributed by atoms with E-state index in [1.165, 1.54) is 32.6 Å². The summed E-state index contributed by atoms with van der Waals surface area (Å²) in [7, 11) is 0. The summed E-state index contributed by atoms with van der Waals surface area (Å²) in [5.74, 6) is 0. The van der Waals surface area contributed by atoms with Crippen molar-refractivity contribution in [2.24, 2.45) is 0 Å². The molecule has 6 rings (SSSR count). The summed E-state index contributed by atoms with van der Waals surface area (Å²) in [5, 5.41) is 4.93. The zero-order valence-corrected chi connectivity index (χ0v) is 15.8. The van der Waals surface area contributed by atoms with Gasteiger partial charge in [0.1, 0.15) is 0 Å². The minimum atomic E-state index is 1.02. The second-order valence-corrected chi connectivity index (χ2v) is 7.30. The van der Waals surface area contributed by atoms with E-state index in [0.29, 0.717) is 0 Å². The van der Waals surface area contributed by atoms with Crippen LogP contribution < -0.4 is 0 Å². The lowest BCUT2D eigenvalue weighted by Gasteiger charge is -2.11. The van der Waals surface area contributed by atoms with Crippen molar-refractivity contribution < 1.29 is 0 Å². The van der Waals surface area contributed by atoms with Crippen LogP contribution in [0.4, 0.5) is 0 Å². The second-order valence-electron chi connectivity index (χ2n) is 7.30. The molecule has 0 aliphatic carbocycles. The van der Waals surface area contributed by atoms with Gasteiger partial charge in [-0.15, -0.1) is 0 Å². The summed E-state index contributed by atoms with van der Waals surface area (Å²) < 4.78 is 2.35. The first-order chi connectivity index (χ1) is 14.4. The number of rotatable bonds is 2. The Morgan fingerprint density at radius 1 is 0.552 bits per heavy atom. The molecule has 0 radical (unpaired) electrons. The lowest BCUT2D eigenvalue weighted by molar-refractivity contribution is 1.18. The highest BCUT2D eigenvalue weighted by molar-refractivity contribution is 6.09. The van der Waals surface area contributed by atoms with E-state index in [4.69, 9.17) is 4.98 Å². The van der Waals surface area contributed by atoms with Crippen molar-refractivity contribution in [1.82, 2.24) is 9.55 Å². The highest BCUT2D eigenvalue weighted by Gasteiger charge is 2.12. The van der Waals surface area contributed by atoms with Crippen molar-refractivity contribution >= 4 is 32.6 Å². The second kappa shape index (κ2) is 6.32. The minimum absolute atomic E-state index is 1.02. The third kappa shape index (κ3) is 2.46. The largest absolute Gasteiger partial charge is 0.309 e. The van der Waals surface area contributed by atoms with Crippen molar-refractivity contribution in [2.45, 2.75) is 0 Å². The summed E-state index contributed by atoms with van der Waals surface area (Å²) in [6.07, 6.45) is 1.89. The minimum Gasteiger partial charge on any atom is -0.309 e. The Balaban J connectivity index is 1.64. The Labute approximate surface area is 168 Å². The molecule has 0 fully saturated rings. The van der Waals surface area contributed by atoms with Crippen LogP contribution in [0.3, 0.4) is 0 Å². The fourth-order valence-corrected chi connectivity index (χ4v) is 4.34. The number of benzene rings is 4. The van der Waals surface area contributed by atoms with Gasteiger partial charge >= 0.3 is 0 Å². The molecule has 2 heterocycles. The molecule has 0 unspecified atom stereocenters. The molecule has 29 heavy (non-hydrogen) atoms. The Hall–Kier alpha value is -3.91. The predicted molar refractivity (Wildman–Crippen MR) is 122 cm³/mol. The molecule has 0 saturated heterocycles. The molecule has 2 aromatic heterocycles. The van der Waals surface area contributed by atoms with Gasteiger partial charge in [0.15, 0.2) is 0 Å². The van der Waals surface area contributed by atoms with E-state index >= 15 is 0 Å². The third-order valence-corrected chi connectivity index (χ3v) is 5.63. The van der Waals surface area contributed by atoms with E-state index in [1.54, 1.807) is 0 Å². The maximum atomic E-state index is 4.71. The van der Waals surface area contributed by atoms with Gasteiger partial charge in [0.2, 0.25) is 0 Å². The predicted octanol–water partition coefficient (Wildman–Crippen LogP) is 7.00. The third-order valence-electron chi connectivity index (χ3n) is 5.63. The molecule has 0 bridgehead atoms. The van der Waals surface area contributed by atoms with E-state index in [2.05, 4.69) is 108 Å². The average molecular weight is 370 g/mol. The molecule has 136 valence electrons. The van der Waals surface area contributed by atoms with E-state index in [9.17, 15) is 0 Å². The zero-order chi connectivity index (χ0) is 19.2. The molecular formula is C27H18N2. The first-order valence-corrected chi connectivity index (χ1v) is 9.83. The number of fused-ring (bicyclic) bond motifs is 4. The van der Waals surface area contributed by atoms with Crippen molar-refractivity contribution in [3.63, 3.8) is 0 Å². The van der Waals surface area contributed by atoms with Crippen molar-refractivity contribution in [3.8, 4) is 16.9 Å².